The van der Waals surface area contributed by atoms with Crippen LogP contribution in [-0.4, -0.2) is 37.1 Å². The summed E-state index contributed by atoms with van der Waals surface area (Å²) in [6, 6.07) is 7.63. The molecule has 1 spiro atoms. The molecule has 1 aromatic carbocycles. The summed E-state index contributed by atoms with van der Waals surface area (Å²) in [5, 5.41) is 0. The molecule has 4 nitrogen and oxygen atoms in total. The van der Waals surface area contributed by atoms with Crippen molar-refractivity contribution in [2.24, 2.45) is 0 Å². The van der Waals surface area contributed by atoms with Crippen LogP contribution in [0.5, 0.6) is 5.75 Å². The molecule has 0 saturated carbocycles. The molecule has 0 unspecified atom stereocenters. The highest BCUT2D eigenvalue weighted by Gasteiger charge is 2.54. The molecule has 0 bridgehead atoms. The smallest absolute Gasteiger partial charge is 0.486 e. The number of para-hydroxylation sites is 1. The number of fused-ring (bicyclic) bond motifs is 1. The zero-order chi connectivity index (χ0) is 18.6. The molecular formula is C20H26BFO4. The van der Waals surface area contributed by atoms with Gasteiger partial charge in [-0.05, 0) is 39.3 Å². The van der Waals surface area contributed by atoms with Gasteiger partial charge in [-0.25, -0.2) is 4.39 Å². The van der Waals surface area contributed by atoms with Gasteiger partial charge in [0.05, 0.1) is 24.4 Å². The minimum Gasteiger partial charge on any atom is -0.486 e. The summed E-state index contributed by atoms with van der Waals surface area (Å²) in [6.45, 7) is 9.00. The fourth-order valence-electron chi connectivity index (χ4n) is 3.82. The van der Waals surface area contributed by atoms with E-state index < -0.39 is 23.9 Å². The minimum absolute atomic E-state index is 0.342. The molecule has 2 fully saturated rings. The molecule has 3 aliphatic heterocycles. The second-order valence-electron chi connectivity index (χ2n) is 8.49. The lowest BCUT2D eigenvalue weighted by molar-refractivity contribution is -0.0461. The van der Waals surface area contributed by atoms with E-state index in [2.05, 4.69) is 0 Å². The van der Waals surface area contributed by atoms with E-state index in [0.717, 1.165) is 24.2 Å². The number of benzene rings is 1. The van der Waals surface area contributed by atoms with E-state index in [0.29, 0.717) is 25.2 Å². The van der Waals surface area contributed by atoms with Gasteiger partial charge in [-0.3, -0.25) is 0 Å². The van der Waals surface area contributed by atoms with E-state index in [4.69, 9.17) is 18.8 Å². The summed E-state index contributed by atoms with van der Waals surface area (Å²) >= 11 is 0. The van der Waals surface area contributed by atoms with Crippen molar-refractivity contribution in [2.45, 2.75) is 63.8 Å². The molecule has 0 amide bonds. The fourth-order valence-corrected chi connectivity index (χ4v) is 3.82. The Balaban J connectivity index is 1.75. The minimum atomic E-state index is -0.988. The molecule has 2 saturated heterocycles. The number of hydrogen-bond acceptors (Lipinski definition) is 4. The Morgan fingerprint density at radius 2 is 1.62 bits per heavy atom. The zero-order valence-electron chi connectivity index (χ0n) is 15.9. The molecule has 0 atom stereocenters. The maximum atomic E-state index is 15.6. The summed E-state index contributed by atoms with van der Waals surface area (Å²) < 4.78 is 39.4. The standard InChI is InChI=1S/C20H26BFO4/c1-18(2)19(3,4)26-21(25-18)17(22)15-13-20(9-11-23-12-10-20)24-16-8-6-5-7-14(15)16/h5-8H,9-13H2,1-4H3. The van der Waals surface area contributed by atoms with E-state index in [1.165, 1.54) is 0 Å². The molecule has 1 aromatic rings. The van der Waals surface area contributed by atoms with Crippen molar-refractivity contribution < 1.29 is 23.2 Å². The van der Waals surface area contributed by atoms with Crippen LogP contribution in [0.2, 0.25) is 0 Å². The zero-order valence-corrected chi connectivity index (χ0v) is 15.9. The average molecular weight is 360 g/mol. The maximum absolute atomic E-state index is 15.6. The van der Waals surface area contributed by atoms with Crippen LogP contribution in [0.4, 0.5) is 4.39 Å². The highest BCUT2D eigenvalue weighted by molar-refractivity contribution is 6.55. The van der Waals surface area contributed by atoms with Crippen LogP contribution in [-0.2, 0) is 14.0 Å². The van der Waals surface area contributed by atoms with Crippen LogP contribution in [0.3, 0.4) is 0 Å². The Kier molecular flexibility index (Phi) is 4.21. The third-order valence-electron chi connectivity index (χ3n) is 6.19. The number of halogens is 1. The average Bonchev–Trinajstić information content (AvgIpc) is 2.82. The van der Waals surface area contributed by atoms with Crippen molar-refractivity contribution in [2.75, 3.05) is 13.2 Å². The van der Waals surface area contributed by atoms with Crippen LogP contribution in [0.25, 0.3) is 5.57 Å². The summed E-state index contributed by atoms with van der Waals surface area (Å²) in [5.74, 6) is 0.724. The van der Waals surface area contributed by atoms with Crippen LogP contribution < -0.4 is 4.74 Å². The van der Waals surface area contributed by atoms with Crippen molar-refractivity contribution in [1.29, 1.82) is 0 Å². The lowest BCUT2D eigenvalue weighted by Crippen LogP contribution is -2.44. The lowest BCUT2D eigenvalue weighted by Gasteiger charge is -2.42. The van der Waals surface area contributed by atoms with Crippen molar-refractivity contribution in [1.82, 2.24) is 0 Å². The summed E-state index contributed by atoms with van der Waals surface area (Å²) in [6.07, 6.45) is 2.01. The summed E-state index contributed by atoms with van der Waals surface area (Å²) in [5.41, 5.74) is -0.481. The molecule has 0 radical (unpaired) electrons. The molecule has 0 aliphatic carbocycles. The van der Waals surface area contributed by atoms with Gasteiger partial charge in [0.25, 0.3) is 0 Å². The van der Waals surface area contributed by atoms with Gasteiger partial charge in [0, 0.05) is 24.8 Å². The van der Waals surface area contributed by atoms with Gasteiger partial charge in [0.15, 0.2) is 0 Å². The largest absolute Gasteiger partial charge is 0.525 e. The van der Waals surface area contributed by atoms with Gasteiger partial charge >= 0.3 is 7.12 Å². The third-order valence-corrected chi connectivity index (χ3v) is 6.19. The summed E-state index contributed by atoms with van der Waals surface area (Å²) in [4.78, 5) is 0. The quantitative estimate of drug-likeness (QED) is 0.699. The van der Waals surface area contributed by atoms with Gasteiger partial charge in [0.1, 0.15) is 17.1 Å². The normalized spacial score (nSPS) is 27.8. The molecular weight excluding hydrogens is 334 g/mol. The van der Waals surface area contributed by atoms with E-state index in [9.17, 15) is 0 Å². The van der Waals surface area contributed by atoms with Crippen LogP contribution >= 0.6 is 0 Å². The molecule has 0 aromatic heterocycles. The van der Waals surface area contributed by atoms with Gasteiger partial charge in [-0.15, -0.1) is 0 Å². The molecule has 4 rings (SSSR count). The van der Waals surface area contributed by atoms with Gasteiger partial charge in [-0.1, -0.05) is 18.2 Å². The third kappa shape index (κ3) is 2.88. The molecule has 26 heavy (non-hydrogen) atoms. The first-order valence-corrected chi connectivity index (χ1v) is 9.33. The van der Waals surface area contributed by atoms with Crippen molar-refractivity contribution in [3.05, 3.63) is 35.6 Å². The van der Waals surface area contributed by atoms with Gasteiger partial charge < -0.3 is 18.8 Å². The predicted molar refractivity (Wildman–Crippen MR) is 98.6 cm³/mol. The van der Waals surface area contributed by atoms with Crippen molar-refractivity contribution in [3.63, 3.8) is 0 Å². The topological polar surface area (TPSA) is 36.9 Å². The molecule has 6 heteroatoms. The molecule has 3 aliphatic rings. The van der Waals surface area contributed by atoms with E-state index >= 15 is 4.39 Å². The van der Waals surface area contributed by atoms with Gasteiger partial charge in [0.2, 0.25) is 0 Å². The van der Waals surface area contributed by atoms with Crippen LogP contribution in [0, 0.1) is 0 Å². The number of rotatable bonds is 1. The van der Waals surface area contributed by atoms with Crippen molar-refractivity contribution in [3.8, 4) is 5.75 Å². The maximum Gasteiger partial charge on any atom is 0.525 e. The second kappa shape index (κ2) is 6.08. The van der Waals surface area contributed by atoms with E-state index in [-0.39, 0.29) is 5.73 Å². The van der Waals surface area contributed by atoms with E-state index in [1.807, 2.05) is 52.0 Å². The highest BCUT2D eigenvalue weighted by atomic mass is 19.1. The number of hydrogen-bond donors (Lipinski definition) is 0. The predicted octanol–water partition coefficient (Wildman–Crippen LogP) is 4.33. The van der Waals surface area contributed by atoms with Gasteiger partial charge in [-0.2, -0.15) is 0 Å². The van der Waals surface area contributed by atoms with Crippen LogP contribution in [0.15, 0.2) is 30.0 Å². The molecule has 0 N–H and O–H groups in total. The molecule has 140 valence electrons. The Morgan fingerprint density at radius 1 is 1.00 bits per heavy atom. The first-order valence-electron chi connectivity index (χ1n) is 9.33. The second-order valence-corrected chi connectivity index (χ2v) is 8.49. The first kappa shape index (κ1) is 18.0. The number of ether oxygens (including phenoxy) is 2. The fraction of sp³-hybridized carbons (Fsp3) is 0.600. The Morgan fingerprint density at radius 3 is 2.27 bits per heavy atom. The monoisotopic (exact) mass is 360 g/mol. The van der Waals surface area contributed by atoms with Crippen LogP contribution in [0.1, 0.15) is 52.5 Å². The Labute approximate surface area is 154 Å². The van der Waals surface area contributed by atoms with Crippen molar-refractivity contribution >= 4 is 12.7 Å². The highest BCUT2D eigenvalue weighted by Crippen LogP contribution is 2.48. The first-order chi connectivity index (χ1) is 12.2. The SMILES string of the molecule is CC1(C)OB(C(F)=C2CC3(CCOCC3)Oc3ccccc32)OC1(C)C. The Hall–Kier alpha value is -1.37. The van der Waals surface area contributed by atoms with E-state index in [1.54, 1.807) is 0 Å². The lowest BCUT2D eigenvalue weighted by atomic mass is 9.75. The molecule has 3 heterocycles. The summed E-state index contributed by atoms with van der Waals surface area (Å²) in [7, 11) is -0.988. The Bertz CT molecular complexity index is 721.